The highest BCUT2D eigenvalue weighted by atomic mass is 79.9. The number of thiazole rings is 1. The van der Waals surface area contributed by atoms with Crippen LogP contribution in [0.15, 0.2) is 45.4 Å². The monoisotopic (exact) mass is 644 g/mol. The molecular formula is C30H27BrCl2N2O3S. The first kappa shape index (κ1) is 25.2. The normalized spacial score (nSPS) is 31.4. The van der Waals surface area contributed by atoms with E-state index >= 15 is 0 Å². The maximum Gasteiger partial charge on any atom is 0.145 e. The van der Waals surface area contributed by atoms with Crippen molar-refractivity contribution in [3.8, 4) is 11.3 Å². The van der Waals surface area contributed by atoms with Crippen molar-refractivity contribution in [2.75, 3.05) is 0 Å². The van der Waals surface area contributed by atoms with Crippen molar-refractivity contribution >= 4 is 60.7 Å². The quantitative estimate of drug-likeness (QED) is 0.227. The minimum Gasteiger partial charge on any atom is -0.382 e. The number of aliphatic hydroxyl groups is 1. The second-order valence-electron chi connectivity index (χ2n) is 12.0. The molecule has 5 atom stereocenters. The Labute approximate surface area is 249 Å². The molecule has 202 valence electrons. The van der Waals surface area contributed by atoms with E-state index in [0.717, 1.165) is 76.0 Å². The van der Waals surface area contributed by atoms with Gasteiger partial charge in [0.05, 0.1) is 32.5 Å². The fourth-order valence-electron chi connectivity index (χ4n) is 7.78. The number of ether oxygens (including phenoxy) is 1. The number of hydrogen-bond donors (Lipinski definition) is 1. The predicted octanol–water partition coefficient (Wildman–Crippen LogP) is 8.88. The molecule has 5 aliphatic rings. The third kappa shape index (κ3) is 3.98. The summed E-state index contributed by atoms with van der Waals surface area (Å²) in [6, 6.07) is 11.6. The van der Waals surface area contributed by atoms with Crippen LogP contribution in [0.3, 0.4) is 0 Å². The first-order chi connectivity index (χ1) is 18.8. The van der Waals surface area contributed by atoms with E-state index in [9.17, 15) is 5.11 Å². The zero-order chi connectivity index (χ0) is 26.5. The average Bonchev–Trinajstić information content (AvgIpc) is 3.52. The highest BCUT2D eigenvalue weighted by Gasteiger charge is 2.64. The summed E-state index contributed by atoms with van der Waals surface area (Å²) in [5.74, 6) is 2.12. The Morgan fingerprint density at radius 1 is 1.08 bits per heavy atom. The van der Waals surface area contributed by atoms with Crippen LogP contribution in [0.2, 0.25) is 10.0 Å². The van der Waals surface area contributed by atoms with Crippen LogP contribution in [0, 0.1) is 17.8 Å². The van der Waals surface area contributed by atoms with E-state index in [2.05, 4.69) is 27.2 Å². The van der Waals surface area contributed by atoms with Gasteiger partial charge in [0.1, 0.15) is 22.1 Å². The first-order valence-electron chi connectivity index (χ1n) is 13.7. The van der Waals surface area contributed by atoms with Crippen molar-refractivity contribution in [1.82, 2.24) is 10.1 Å². The number of nitrogens with zero attached hydrogens (tertiary/aromatic N) is 2. The van der Waals surface area contributed by atoms with Crippen LogP contribution in [0.4, 0.5) is 0 Å². The van der Waals surface area contributed by atoms with Crippen molar-refractivity contribution in [2.24, 2.45) is 17.8 Å². The Morgan fingerprint density at radius 3 is 2.54 bits per heavy atom. The second-order valence-corrected chi connectivity index (χ2v) is 14.8. The third-order valence-electron chi connectivity index (χ3n) is 9.56. The zero-order valence-corrected chi connectivity index (χ0v) is 25.0. The zero-order valence-electron chi connectivity index (χ0n) is 21.1. The van der Waals surface area contributed by atoms with E-state index in [1.54, 1.807) is 11.3 Å². The first-order valence-corrected chi connectivity index (χ1v) is 16.1. The number of halogens is 3. The lowest BCUT2D eigenvalue weighted by atomic mass is 9.48. The molecule has 0 radical (unpaired) electrons. The maximum atomic E-state index is 12.3. The van der Waals surface area contributed by atoms with Gasteiger partial charge < -0.3 is 14.4 Å². The van der Waals surface area contributed by atoms with Gasteiger partial charge in [-0.3, -0.25) is 0 Å². The predicted molar refractivity (Wildman–Crippen MR) is 156 cm³/mol. The van der Waals surface area contributed by atoms with Gasteiger partial charge in [-0.1, -0.05) is 50.4 Å². The molecule has 5 saturated carbocycles. The fraction of sp³-hybridized carbons (Fsp3) is 0.467. The van der Waals surface area contributed by atoms with Crippen LogP contribution >= 0.6 is 50.5 Å². The molecule has 2 heterocycles. The van der Waals surface area contributed by atoms with Crippen molar-refractivity contribution < 1.29 is 14.4 Å². The SMILES string of the molecule is O[C@]1(c2nc3ccc(Br)cc3s2)C2CC3C[C@H]1C[C@](OCc1c(-c4c(Cl)cccc4Cl)noc1C1CC1)(C3)C2. The number of benzene rings is 2. The third-order valence-corrected chi connectivity index (χ3v) is 11.8. The standard InChI is InChI=1S/C30H27BrCl2N2O3S/c31-19-6-7-23-24(10-19)39-28(34-23)30(36)17-8-15-9-18(30)13-29(11-15,12-17)37-14-20-26(35-38-27(20)16-4-5-16)25-21(32)2-1-3-22(25)33/h1-3,6-7,10,15-18,36H,4-5,8-9,11-14H2/t15?,17-,18?,29+,30-/m0/s1. The Bertz CT molecular complexity index is 1580. The summed E-state index contributed by atoms with van der Waals surface area (Å²) in [6.45, 7) is 0.409. The lowest BCUT2D eigenvalue weighted by molar-refractivity contribution is -0.250. The van der Waals surface area contributed by atoms with E-state index in [4.69, 9.17) is 37.4 Å². The summed E-state index contributed by atoms with van der Waals surface area (Å²) in [7, 11) is 0. The minimum absolute atomic E-state index is 0.135. The molecule has 9 heteroatoms. The van der Waals surface area contributed by atoms with Gasteiger partial charge in [-0.2, -0.15) is 0 Å². The van der Waals surface area contributed by atoms with Gasteiger partial charge in [-0.15, -0.1) is 11.3 Å². The van der Waals surface area contributed by atoms with Crippen LogP contribution in [0.25, 0.3) is 21.5 Å². The van der Waals surface area contributed by atoms with Crippen molar-refractivity contribution in [1.29, 1.82) is 0 Å². The lowest BCUT2D eigenvalue weighted by Crippen LogP contribution is -2.62. The van der Waals surface area contributed by atoms with E-state index in [-0.39, 0.29) is 17.4 Å². The number of aromatic nitrogens is 2. The molecule has 5 aliphatic carbocycles. The van der Waals surface area contributed by atoms with E-state index in [1.165, 1.54) is 0 Å². The molecule has 0 aliphatic heterocycles. The van der Waals surface area contributed by atoms with E-state index in [1.807, 2.05) is 30.3 Å². The molecule has 4 aromatic rings. The molecule has 0 spiro atoms. The minimum atomic E-state index is -0.896. The summed E-state index contributed by atoms with van der Waals surface area (Å²) in [5, 5.41) is 18.7. The Balaban J connectivity index is 1.11. The Hall–Kier alpha value is -1.48. The Morgan fingerprint density at radius 2 is 1.82 bits per heavy atom. The molecule has 2 aromatic carbocycles. The topological polar surface area (TPSA) is 68.4 Å². The smallest absolute Gasteiger partial charge is 0.145 e. The fourth-order valence-corrected chi connectivity index (χ4v) is 10.1. The number of fused-ring (bicyclic) bond motifs is 1. The summed E-state index contributed by atoms with van der Waals surface area (Å²) in [6.07, 6.45) is 6.96. The Kier molecular flexibility index (Phi) is 5.83. The molecule has 39 heavy (non-hydrogen) atoms. The summed E-state index contributed by atoms with van der Waals surface area (Å²) in [4.78, 5) is 4.94. The summed E-state index contributed by atoms with van der Waals surface area (Å²) >= 11 is 18.4. The molecule has 2 unspecified atom stereocenters. The van der Waals surface area contributed by atoms with Crippen molar-refractivity contribution in [2.45, 2.75) is 68.7 Å². The van der Waals surface area contributed by atoms with E-state index in [0.29, 0.717) is 39.7 Å². The van der Waals surface area contributed by atoms with Gasteiger partial charge in [0.25, 0.3) is 0 Å². The largest absolute Gasteiger partial charge is 0.382 e. The van der Waals surface area contributed by atoms with Crippen LogP contribution in [0.5, 0.6) is 0 Å². The van der Waals surface area contributed by atoms with Crippen LogP contribution in [0.1, 0.15) is 67.2 Å². The molecule has 0 amide bonds. The van der Waals surface area contributed by atoms with Gasteiger partial charge in [-0.05, 0) is 93.0 Å². The highest BCUT2D eigenvalue weighted by molar-refractivity contribution is 9.10. The molecular weight excluding hydrogens is 619 g/mol. The molecule has 9 rings (SSSR count). The van der Waals surface area contributed by atoms with Gasteiger partial charge >= 0.3 is 0 Å². The second kappa shape index (κ2) is 9.01. The van der Waals surface area contributed by atoms with E-state index < -0.39 is 5.60 Å². The summed E-state index contributed by atoms with van der Waals surface area (Å²) in [5.41, 5.74) is 2.16. The molecule has 5 nitrogen and oxygen atoms in total. The summed E-state index contributed by atoms with van der Waals surface area (Å²) < 4.78 is 15.0. The molecule has 1 N–H and O–H groups in total. The number of rotatable bonds is 6. The highest BCUT2D eigenvalue weighted by Crippen LogP contribution is 2.65. The lowest BCUT2D eigenvalue weighted by Gasteiger charge is -2.62. The van der Waals surface area contributed by atoms with Crippen molar-refractivity contribution in [3.63, 3.8) is 0 Å². The van der Waals surface area contributed by atoms with Crippen molar-refractivity contribution in [3.05, 3.63) is 67.2 Å². The van der Waals surface area contributed by atoms with Gasteiger partial charge in [0, 0.05) is 21.5 Å². The van der Waals surface area contributed by atoms with Gasteiger partial charge in [0.2, 0.25) is 0 Å². The maximum absolute atomic E-state index is 12.3. The van der Waals surface area contributed by atoms with Crippen LogP contribution in [-0.2, 0) is 16.9 Å². The van der Waals surface area contributed by atoms with Crippen LogP contribution in [-0.4, -0.2) is 20.8 Å². The van der Waals surface area contributed by atoms with Gasteiger partial charge in [-0.25, -0.2) is 4.98 Å². The number of hydrogen-bond acceptors (Lipinski definition) is 6. The average molecular weight is 646 g/mol. The molecule has 5 fully saturated rings. The van der Waals surface area contributed by atoms with Gasteiger partial charge in [0.15, 0.2) is 0 Å². The molecule has 4 bridgehead atoms. The molecule has 0 saturated heterocycles. The van der Waals surface area contributed by atoms with Crippen LogP contribution < -0.4 is 0 Å². The molecule has 2 aromatic heterocycles.